The molecule has 0 unspecified atom stereocenters. The minimum atomic E-state index is -0.288. The zero-order valence-electron chi connectivity index (χ0n) is 10.6. The highest BCUT2D eigenvalue weighted by Gasteiger charge is 2.10. The Morgan fingerprint density at radius 1 is 1.30 bits per heavy atom. The molecule has 0 aliphatic carbocycles. The lowest BCUT2D eigenvalue weighted by Gasteiger charge is -2.09. The number of benzene rings is 2. The second-order valence-corrected chi connectivity index (χ2v) is 5.36. The van der Waals surface area contributed by atoms with Crippen LogP contribution >= 0.6 is 27.5 Å². The first-order valence-electron chi connectivity index (χ1n) is 5.71. The number of nitrogen functional groups attached to an aromatic ring is 1. The van der Waals surface area contributed by atoms with Crippen molar-refractivity contribution in [2.24, 2.45) is 0 Å². The Hall–Kier alpha value is -1.72. The molecule has 0 saturated heterocycles. The first-order valence-corrected chi connectivity index (χ1v) is 6.88. The van der Waals surface area contributed by atoms with Crippen LogP contribution in [-0.4, -0.2) is 13.0 Å². The monoisotopic (exact) mass is 354 g/mol. The highest BCUT2D eigenvalue weighted by Crippen LogP contribution is 2.27. The quantitative estimate of drug-likeness (QED) is 0.820. The van der Waals surface area contributed by atoms with E-state index >= 15 is 0 Å². The van der Waals surface area contributed by atoms with Crippen LogP contribution in [0.3, 0.4) is 0 Å². The lowest BCUT2D eigenvalue weighted by molar-refractivity contribution is 0.102. The van der Waals surface area contributed by atoms with Gasteiger partial charge in [0.2, 0.25) is 0 Å². The number of nitrogens with one attached hydrogen (secondary N) is 1. The molecule has 2 aromatic rings. The number of ether oxygens (including phenoxy) is 1. The van der Waals surface area contributed by atoms with Gasteiger partial charge in [0.25, 0.3) is 5.91 Å². The number of nitrogens with two attached hydrogens (primary N) is 1. The van der Waals surface area contributed by atoms with Gasteiger partial charge in [-0.25, -0.2) is 0 Å². The van der Waals surface area contributed by atoms with Crippen molar-refractivity contribution in [3.8, 4) is 5.75 Å². The van der Waals surface area contributed by atoms with Crippen molar-refractivity contribution in [2.75, 3.05) is 18.2 Å². The Morgan fingerprint density at radius 2 is 2.05 bits per heavy atom. The highest BCUT2D eigenvalue weighted by molar-refractivity contribution is 9.10. The van der Waals surface area contributed by atoms with E-state index in [0.29, 0.717) is 27.7 Å². The number of halogens is 2. The number of rotatable bonds is 3. The summed E-state index contributed by atoms with van der Waals surface area (Å²) in [5.41, 5.74) is 7.15. The van der Waals surface area contributed by atoms with Gasteiger partial charge in [-0.15, -0.1) is 0 Å². The van der Waals surface area contributed by atoms with Crippen molar-refractivity contribution in [1.82, 2.24) is 0 Å². The number of hydrogen-bond acceptors (Lipinski definition) is 3. The molecule has 1 amide bonds. The fourth-order valence-corrected chi connectivity index (χ4v) is 2.38. The number of hydrogen-bond donors (Lipinski definition) is 2. The molecule has 0 atom stereocenters. The van der Waals surface area contributed by atoms with Gasteiger partial charge in [0.15, 0.2) is 0 Å². The van der Waals surface area contributed by atoms with Crippen LogP contribution in [-0.2, 0) is 0 Å². The Morgan fingerprint density at radius 3 is 2.65 bits per heavy atom. The second-order valence-electron chi connectivity index (χ2n) is 4.04. The third kappa shape index (κ3) is 3.23. The average Bonchev–Trinajstić information content (AvgIpc) is 2.41. The smallest absolute Gasteiger partial charge is 0.255 e. The van der Waals surface area contributed by atoms with Crippen molar-refractivity contribution < 1.29 is 9.53 Å². The molecule has 0 fully saturated rings. The number of carbonyl (C=O) groups is 1. The fraction of sp³-hybridized carbons (Fsp3) is 0.0714. The van der Waals surface area contributed by atoms with E-state index in [-0.39, 0.29) is 5.91 Å². The summed E-state index contributed by atoms with van der Waals surface area (Å²) in [5, 5.41) is 3.18. The summed E-state index contributed by atoms with van der Waals surface area (Å²) in [5.74, 6) is 0.242. The van der Waals surface area contributed by atoms with Crippen LogP contribution in [0.2, 0.25) is 5.02 Å². The minimum Gasteiger partial charge on any atom is -0.495 e. The molecule has 0 saturated carbocycles. The molecule has 4 nitrogen and oxygen atoms in total. The molecule has 2 rings (SSSR count). The van der Waals surface area contributed by atoms with Gasteiger partial charge in [-0.3, -0.25) is 4.79 Å². The van der Waals surface area contributed by atoms with Gasteiger partial charge in [-0.2, -0.15) is 0 Å². The highest BCUT2D eigenvalue weighted by atomic mass is 79.9. The van der Waals surface area contributed by atoms with Gasteiger partial charge in [0, 0.05) is 10.0 Å². The molecule has 0 aromatic heterocycles. The maximum atomic E-state index is 12.1. The zero-order valence-corrected chi connectivity index (χ0v) is 13.0. The topological polar surface area (TPSA) is 64.3 Å². The van der Waals surface area contributed by atoms with E-state index in [1.165, 1.54) is 7.11 Å². The molecule has 104 valence electrons. The molecule has 6 heteroatoms. The van der Waals surface area contributed by atoms with E-state index in [1.807, 2.05) is 0 Å². The molecular formula is C14H12BrClN2O2. The Kier molecular flexibility index (Phi) is 4.52. The van der Waals surface area contributed by atoms with Crippen LogP contribution < -0.4 is 15.8 Å². The van der Waals surface area contributed by atoms with E-state index in [2.05, 4.69) is 21.2 Å². The van der Waals surface area contributed by atoms with Crippen LogP contribution in [0.25, 0.3) is 0 Å². The first-order chi connectivity index (χ1) is 9.51. The lowest BCUT2D eigenvalue weighted by Crippen LogP contribution is -2.12. The van der Waals surface area contributed by atoms with Crippen molar-refractivity contribution in [2.45, 2.75) is 0 Å². The Labute approximate surface area is 130 Å². The molecule has 0 spiro atoms. The van der Waals surface area contributed by atoms with Crippen molar-refractivity contribution in [3.63, 3.8) is 0 Å². The van der Waals surface area contributed by atoms with Crippen LogP contribution in [0.4, 0.5) is 11.4 Å². The molecule has 0 heterocycles. The summed E-state index contributed by atoms with van der Waals surface area (Å²) < 4.78 is 5.89. The predicted octanol–water partition coefficient (Wildman–Crippen LogP) is 3.95. The Bertz CT molecular complexity index is 662. The maximum Gasteiger partial charge on any atom is 0.255 e. The molecule has 0 bridgehead atoms. The summed E-state index contributed by atoms with van der Waals surface area (Å²) in [6, 6.07) is 10.1. The second kappa shape index (κ2) is 6.15. The van der Waals surface area contributed by atoms with Gasteiger partial charge in [-0.05, 0) is 36.4 Å². The van der Waals surface area contributed by atoms with Crippen LogP contribution in [0.1, 0.15) is 10.4 Å². The normalized spacial score (nSPS) is 10.2. The third-order valence-corrected chi connectivity index (χ3v) is 3.48. The van der Waals surface area contributed by atoms with Gasteiger partial charge < -0.3 is 15.8 Å². The van der Waals surface area contributed by atoms with Gasteiger partial charge in [0.05, 0.1) is 23.5 Å². The largest absolute Gasteiger partial charge is 0.495 e. The van der Waals surface area contributed by atoms with E-state index in [1.54, 1.807) is 36.4 Å². The van der Waals surface area contributed by atoms with Crippen LogP contribution in [0, 0.1) is 0 Å². The van der Waals surface area contributed by atoms with Gasteiger partial charge in [0.1, 0.15) is 5.75 Å². The molecule has 0 aliphatic heterocycles. The molecule has 0 aliphatic rings. The van der Waals surface area contributed by atoms with E-state index < -0.39 is 0 Å². The SMILES string of the molecule is COc1ccc(C(=O)Nc2ccc(Br)cc2Cl)cc1N. The van der Waals surface area contributed by atoms with E-state index in [0.717, 1.165) is 4.47 Å². The third-order valence-electron chi connectivity index (χ3n) is 2.67. The summed E-state index contributed by atoms with van der Waals surface area (Å²) in [4.78, 5) is 12.1. The molecule has 0 radical (unpaired) electrons. The van der Waals surface area contributed by atoms with E-state index in [4.69, 9.17) is 22.1 Å². The Balaban J connectivity index is 2.21. The van der Waals surface area contributed by atoms with Crippen molar-refractivity contribution >= 4 is 44.8 Å². The standard InChI is InChI=1S/C14H12BrClN2O2/c1-20-13-5-2-8(6-11(13)17)14(19)18-12-4-3-9(15)7-10(12)16/h2-7H,17H2,1H3,(H,18,19). The first kappa shape index (κ1) is 14.7. The average molecular weight is 356 g/mol. The lowest BCUT2D eigenvalue weighted by atomic mass is 10.1. The zero-order chi connectivity index (χ0) is 14.7. The van der Waals surface area contributed by atoms with Crippen LogP contribution in [0.15, 0.2) is 40.9 Å². The summed E-state index contributed by atoms with van der Waals surface area (Å²) in [6.45, 7) is 0. The fourth-order valence-electron chi connectivity index (χ4n) is 1.66. The molecule has 20 heavy (non-hydrogen) atoms. The number of anilines is 2. The van der Waals surface area contributed by atoms with Gasteiger partial charge >= 0.3 is 0 Å². The summed E-state index contributed by atoms with van der Waals surface area (Å²) in [6.07, 6.45) is 0. The number of methoxy groups -OCH3 is 1. The van der Waals surface area contributed by atoms with Crippen molar-refractivity contribution in [1.29, 1.82) is 0 Å². The predicted molar refractivity (Wildman–Crippen MR) is 84.5 cm³/mol. The molecule has 2 aromatic carbocycles. The maximum absolute atomic E-state index is 12.1. The van der Waals surface area contributed by atoms with Gasteiger partial charge in [-0.1, -0.05) is 27.5 Å². The van der Waals surface area contributed by atoms with Crippen molar-refractivity contribution in [3.05, 3.63) is 51.5 Å². The summed E-state index contributed by atoms with van der Waals surface area (Å²) >= 11 is 9.36. The number of carbonyl (C=O) groups excluding carboxylic acids is 1. The number of amides is 1. The van der Waals surface area contributed by atoms with Crippen LogP contribution in [0.5, 0.6) is 5.75 Å². The molecular weight excluding hydrogens is 344 g/mol. The minimum absolute atomic E-state index is 0.288. The summed E-state index contributed by atoms with van der Waals surface area (Å²) in [7, 11) is 1.52. The molecule has 3 N–H and O–H groups in total. The van der Waals surface area contributed by atoms with E-state index in [9.17, 15) is 4.79 Å².